The highest BCUT2D eigenvalue weighted by Gasteiger charge is 2.14. The second kappa shape index (κ2) is 6.48. The van der Waals surface area contributed by atoms with Crippen LogP contribution in [0.4, 0.5) is 0 Å². The Labute approximate surface area is 160 Å². The first-order chi connectivity index (χ1) is 13.3. The summed E-state index contributed by atoms with van der Waals surface area (Å²) in [5.74, 6) is 0.790. The van der Waals surface area contributed by atoms with Crippen molar-refractivity contribution in [2.45, 2.75) is 12.8 Å². The quantitative estimate of drug-likeness (QED) is 0.478. The third-order valence-electron chi connectivity index (χ3n) is 4.51. The van der Waals surface area contributed by atoms with E-state index < -0.39 is 0 Å². The minimum absolute atomic E-state index is 0.620. The number of aromatic nitrogens is 6. The van der Waals surface area contributed by atoms with E-state index >= 15 is 0 Å². The van der Waals surface area contributed by atoms with Crippen LogP contribution < -0.4 is 0 Å². The van der Waals surface area contributed by atoms with Gasteiger partial charge in [-0.1, -0.05) is 54.1 Å². The summed E-state index contributed by atoms with van der Waals surface area (Å²) in [7, 11) is 0. The first kappa shape index (κ1) is 16.0. The van der Waals surface area contributed by atoms with Crippen molar-refractivity contribution in [3.8, 4) is 5.69 Å². The predicted octanol–water partition coefficient (Wildman–Crippen LogP) is 3.90. The zero-order chi connectivity index (χ0) is 18.2. The number of hydrogen-bond donors (Lipinski definition) is 0. The summed E-state index contributed by atoms with van der Waals surface area (Å²) >= 11 is 6.32. The Bertz CT molecular complexity index is 1240. The third kappa shape index (κ3) is 2.84. The van der Waals surface area contributed by atoms with Crippen molar-refractivity contribution in [1.82, 2.24) is 29.4 Å². The van der Waals surface area contributed by atoms with Crippen molar-refractivity contribution >= 4 is 28.3 Å². The van der Waals surface area contributed by atoms with Crippen LogP contribution in [0, 0.1) is 0 Å². The number of aryl methyl sites for hydroxylation is 2. The van der Waals surface area contributed by atoms with E-state index in [2.05, 4.69) is 27.3 Å². The van der Waals surface area contributed by atoms with Crippen molar-refractivity contribution in [3.05, 3.63) is 83.5 Å². The monoisotopic (exact) mass is 374 g/mol. The summed E-state index contributed by atoms with van der Waals surface area (Å²) in [5.41, 5.74) is 3.51. The fourth-order valence-electron chi connectivity index (χ4n) is 3.17. The van der Waals surface area contributed by atoms with Crippen LogP contribution in [0.25, 0.3) is 22.4 Å². The van der Waals surface area contributed by atoms with Gasteiger partial charge in [-0.05, 0) is 24.1 Å². The second-order valence-corrected chi connectivity index (χ2v) is 6.68. The summed E-state index contributed by atoms with van der Waals surface area (Å²) in [4.78, 5) is 9.23. The van der Waals surface area contributed by atoms with E-state index in [0.717, 1.165) is 35.4 Å². The highest BCUT2D eigenvalue weighted by molar-refractivity contribution is 6.32. The van der Waals surface area contributed by atoms with Crippen molar-refractivity contribution < 1.29 is 0 Å². The zero-order valence-corrected chi connectivity index (χ0v) is 15.1. The van der Waals surface area contributed by atoms with E-state index in [9.17, 15) is 0 Å². The van der Waals surface area contributed by atoms with Crippen molar-refractivity contribution in [2.75, 3.05) is 0 Å². The number of benzene rings is 2. The number of fused-ring (bicyclic) bond motifs is 3. The summed E-state index contributed by atoms with van der Waals surface area (Å²) < 4.78 is 3.44. The van der Waals surface area contributed by atoms with Crippen LogP contribution in [-0.4, -0.2) is 29.4 Å². The lowest BCUT2D eigenvalue weighted by Gasteiger charge is -2.04. The van der Waals surface area contributed by atoms with Gasteiger partial charge in [-0.3, -0.25) is 0 Å². The van der Waals surface area contributed by atoms with Gasteiger partial charge in [-0.25, -0.2) is 19.2 Å². The van der Waals surface area contributed by atoms with Gasteiger partial charge >= 0.3 is 0 Å². The lowest BCUT2D eigenvalue weighted by Crippen LogP contribution is -1.99. The Balaban J connectivity index is 1.54. The normalized spacial score (nSPS) is 11.4. The minimum Gasteiger partial charge on any atom is -0.216 e. The van der Waals surface area contributed by atoms with Crippen LogP contribution in [0.1, 0.15) is 11.4 Å². The lowest BCUT2D eigenvalue weighted by atomic mass is 10.1. The molecule has 0 radical (unpaired) electrons. The predicted molar refractivity (Wildman–Crippen MR) is 104 cm³/mol. The molecule has 0 bridgehead atoms. The minimum atomic E-state index is 0.620. The molecule has 0 aliphatic carbocycles. The van der Waals surface area contributed by atoms with E-state index in [1.807, 2.05) is 42.5 Å². The standard InChI is InChI=1S/C20H15ClN6/c21-16-8-4-5-9-17(16)27-19-15(12-23-27)20-24-18(25-26(20)13-22-19)11-10-14-6-2-1-3-7-14/h1-9,12-13H,10-11H2. The van der Waals surface area contributed by atoms with Crippen LogP contribution in [0.15, 0.2) is 67.1 Å². The molecule has 6 nitrogen and oxygen atoms in total. The van der Waals surface area contributed by atoms with Gasteiger partial charge in [-0.15, -0.1) is 5.10 Å². The Morgan fingerprint density at radius 1 is 0.889 bits per heavy atom. The molecule has 0 aliphatic rings. The Hall–Kier alpha value is -3.25. The number of nitrogens with zero attached hydrogens (tertiary/aromatic N) is 6. The van der Waals surface area contributed by atoms with Gasteiger partial charge in [0.2, 0.25) is 0 Å². The fourth-order valence-corrected chi connectivity index (χ4v) is 3.39. The average molecular weight is 375 g/mol. The molecule has 7 heteroatoms. The molecule has 0 aliphatic heterocycles. The Morgan fingerprint density at radius 2 is 1.70 bits per heavy atom. The molecule has 3 heterocycles. The molecule has 5 aromatic rings. The van der Waals surface area contributed by atoms with Gasteiger partial charge in [0.1, 0.15) is 6.33 Å². The molecule has 3 aromatic heterocycles. The van der Waals surface area contributed by atoms with E-state index in [1.165, 1.54) is 5.56 Å². The molecule has 132 valence electrons. The van der Waals surface area contributed by atoms with Crippen LogP contribution >= 0.6 is 11.6 Å². The number of halogens is 1. The maximum Gasteiger partial charge on any atom is 0.170 e. The van der Waals surface area contributed by atoms with Crippen LogP contribution in [0.2, 0.25) is 5.02 Å². The molecule has 0 saturated carbocycles. The van der Waals surface area contributed by atoms with E-state index in [-0.39, 0.29) is 0 Å². The molecular weight excluding hydrogens is 360 g/mol. The first-order valence-electron chi connectivity index (χ1n) is 8.66. The van der Waals surface area contributed by atoms with Gasteiger partial charge in [0, 0.05) is 6.42 Å². The number of hydrogen-bond acceptors (Lipinski definition) is 4. The smallest absolute Gasteiger partial charge is 0.170 e. The van der Waals surface area contributed by atoms with E-state index in [4.69, 9.17) is 16.6 Å². The largest absolute Gasteiger partial charge is 0.216 e. The van der Waals surface area contributed by atoms with Gasteiger partial charge in [0.15, 0.2) is 17.1 Å². The maximum absolute atomic E-state index is 6.32. The molecule has 0 unspecified atom stereocenters. The SMILES string of the molecule is Clc1ccccc1-n1ncc2c1ncn1nc(CCc3ccccc3)nc21. The van der Waals surface area contributed by atoms with Crippen molar-refractivity contribution in [2.24, 2.45) is 0 Å². The summed E-state index contributed by atoms with van der Waals surface area (Å²) in [6, 6.07) is 17.9. The molecule has 0 amide bonds. The fraction of sp³-hybridized carbons (Fsp3) is 0.100. The lowest BCUT2D eigenvalue weighted by molar-refractivity contribution is 0.826. The third-order valence-corrected chi connectivity index (χ3v) is 4.83. The maximum atomic E-state index is 6.32. The Morgan fingerprint density at radius 3 is 2.56 bits per heavy atom. The second-order valence-electron chi connectivity index (χ2n) is 6.27. The molecular formula is C20H15ClN6. The molecule has 27 heavy (non-hydrogen) atoms. The number of rotatable bonds is 4. The van der Waals surface area contributed by atoms with E-state index in [1.54, 1.807) is 21.7 Å². The molecule has 0 fully saturated rings. The van der Waals surface area contributed by atoms with Crippen molar-refractivity contribution in [3.63, 3.8) is 0 Å². The van der Waals surface area contributed by atoms with Crippen LogP contribution in [0.5, 0.6) is 0 Å². The number of para-hydroxylation sites is 1. The average Bonchev–Trinajstić information content (AvgIpc) is 3.31. The highest BCUT2D eigenvalue weighted by atomic mass is 35.5. The molecule has 0 atom stereocenters. The summed E-state index contributed by atoms with van der Waals surface area (Å²) in [6.07, 6.45) is 5.10. The summed E-state index contributed by atoms with van der Waals surface area (Å²) in [6.45, 7) is 0. The van der Waals surface area contributed by atoms with Gasteiger partial charge in [-0.2, -0.15) is 5.10 Å². The van der Waals surface area contributed by atoms with Gasteiger partial charge < -0.3 is 0 Å². The van der Waals surface area contributed by atoms with Crippen LogP contribution in [-0.2, 0) is 12.8 Å². The molecule has 0 N–H and O–H groups in total. The van der Waals surface area contributed by atoms with Crippen molar-refractivity contribution in [1.29, 1.82) is 0 Å². The molecule has 0 saturated heterocycles. The molecule has 2 aromatic carbocycles. The molecule has 5 rings (SSSR count). The summed E-state index contributed by atoms with van der Waals surface area (Å²) in [5, 5.41) is 10.5. The van der Waals surface area contributed by atoms with Gasteiger partial charge in [0.25, 0.3) is 0 Å². The van der Waals surface area contributed by atoms with Crippen LogP contribution in [0.3, 0.4) is 0 Å². The molecule has 0 spiro atoms. The first-order valence-corrected chi connectivity index (χ1v) is 9.04. The zero-order valence-electron chi connectivity index (χ0n) is 14.3. The Kier molecular flexibility index (Phi) is 3.83. The van der Waals surface area contributed by atoms with Gasteiger partial charge in [0.05, 0.1) is 22.3 Å². The highest BCUT2D eigenvalue weighted by Crippen LogP contribution is 2.24. The topological polar surface area (TPSA) is 60.9 Å². The van der Waals surface area contributed by atoms with E-state index in [0.29, 0.717) is 10.7 Å².